The summed E-state index contributed by atoms with van der Waals surface area (Å²) in [6.07, 6.45) is 0. The molecule has 1 atom stereocenters. The highest BCUT2D eigenvalue weighted by molar-refractivity contribution is 6.30. The summed E-state index contributed by atoms with van der Waals surface area (Å²) in [5, 5.41) is 11.4. The Kier molecular flexibility index (Phi) is 5.40. The quantitative estimate of drug-likeness (QED) is 0.412. The fourth-order valence-corrected chi connectivity index (χ4v) is 3.97. The van der Waals surface area contributed by atoms with Gasteiger partial charge >= 0.3 is 0 Å². The Hall–Kier alpha value is -3.97. The van der Waals surface area contributed by atoms with Gasteiger partial charge in [-0.2, -0.15) is 4.98 Å². The monoisotopic (exact) mass is 459 g/mol. The number of halogens is 2. The Bertz CT molecular complexity index is 1350. The van der Waals surface area contributed by atoms with Crippen LogP contribution in [0, 0.1) is 5.82 Å². The fraction of sp³-hybridized carbons (Fsp3) is 0.0800. The van der Waals surface area contributed by atoms with Crippen LogP contribution in [0.4, 0.5) is 16.0 Å². The van der Waals surface area contributed by atoms with Gasteiger partial charge in [0.1, 0.15) is 11.9 Å². The molecule has 33 heavy (non-hydrogen) atoms. The number of carbonyl (C=O) groups excluding carboxylic acids is 1. The second-order valence-electron chi connectivity index (χ2n) is 7.65. The van der Waals surface area contributed by atoms with E-state index in [1.165, 1.54) is 12.1 Å². The minimum Gasteiger partial charge on any atom is -0.328 e. The van der Waals surface area contributed by atoms with Gasteiger partial charge in [-0.1, -0.05) is 41.9 Å². The molecule has 0 spiro atoms. The number of para-hydroxylation sites is 1. The van der Waals surface area contributed by atoms with Crippen molar-refractivity contribution in [3.05, 3.63) is 107 Å². The molecular weight excluding hydrogens is 441 g/mol. The smallest absolute Gasteiger partial charge is 0.255 e. The first-order valence-electron chi connectivity index (χ1n) is 10.3. The first-order valence-corrected chi connectivity index (χ1v) is 10.7. The minimum absolute atomic E-state index is 0.283. The molecule has 164 valence electrons. The predicted octanol–water partition coefficient (Wildman–Crippen LogP) is 5.67. The summed E-state index contributed by atoms with van der Waals surface area (Å²) in [4.78, 5) is 18.0. The molecular formula is C25H19ClFN5O. The van der Waals surface area contributed by atoms with Crippen LogP contribution in [-0.4, -0.2) is 20.7 Å². The zero-order valence-electron chi connectivity index (χ0n) is 17.6. The Balaban J connectivity index is 1.60. The van der Waals surface area contributed by atoms with E-state index in [0.717, 1.165) is 5.56 Å². The molecule has 0 saturated heterocycles. The van der Waals surface area contributed by atoms with Crippen LogP contribution in [-0.2, 0) is 4.79 Å². The number of hydrogen-bond acceptors (Lipinski definition) is 4. The lowest BCUT2D eigenvalue weighted by Crippen LogP contribution is -2.31. The summed E-state index contributed by atoms with van der Waals surface area (Å²) in [5.74, 6) is 0.334. The normalized spacial score (nSPS) is 15.1. The number of fused-ring (bicyclic) bond motifs is 1. The third kappa shape index (κ3) is 4.10. The number of amides is 1. The highest BCUT2D eigenvalue weighted by atomic mass is 35.5. The van der Waals surface area contributed by atoms with E-state index in [1.54, 1.807) is 28.9 Å². The van der Waals surface area contributed by atoms with E-state index in [9.17, 15) is 9.18 Å². The van der Waals surface area contributed by atoms with Gasteiger partial charge in [0, 0.05) is 22.0 Å². The molecule has 5 rings (SSSR count). The van der Waals surface area contributed by atoms with Crippen molar-refractivity contribution in [2.24, 2.45) is 0 Å². The van der Waals surface area contributed by atoms with Crippen molar-refractivity contribution in [1.29, 1.82) is 0 Å². The van der Waals surface area contributed by atoms with Crippen molar-refractivity contribution in [3.8, 4) is 11.4 Å². The zero-order chi connectivity index (χ0) is 22.9. The van der Waals surface area contributed by atoms with Crippen LogP contribution in [0.15, 0.2) is 90.1 Å². The van der Waals surface area contributed by atoms with Gasteiger partial charge in [-0.3, -0.25) is 4.79 Å². The first kappa shape index (κ1) is 20.9. The van der Waals surface area contributed by atoms with Crippen LogP contribution >= 0.6 is 11.6 Å². The summed E-state index contributed by atoms with van der Waals surface area (Å²) in [6.45, 7) is 1.82. The molecule has 0 radical (unpaired) electrons. The van der Waals surface area contributed by atoms with E-state index in [-0.39, 0.29) is 11.7 Å². The van der Waals surface area contributed by atoms with Crippen LogP contribution in [0.2, 0.25) is 5.02 Å². The van der Waals surface area contributed by atoms with Crippen LogP contribution < -0.4 is 10.6 Å². The minimum atomic E-state index is -0.598. The maximum atomic E-state index is 13.7. The Morgan fingerprint density at radius 2 is 1.73 bits per heavy atom. The second-order valence-corrected chi connectivity index (χ2v) is 8.08. The largest absolute Gasteiger partial charge is 0.328 e. The lowest BCUT2D eigenvalue weighted by Gasteiger charge is -2.28. The SMILES string of the molecule is CC1=C(C(=O)Nc2ccccc2)C(c2ccc(F)cc2)n2nc(-c3ccc(Cl)cc3)nc2N1. The zero-order valence-corrected chi connectivity index (χ0v) is 18.3. The Labute approximate surface area is 194 Å². The van der Waals surface area contributed by atoms with Crippen molar-refractivity contribution in [2.45, 2.75) is 13.0 Å². The van der Waals surface area contributed by atoms with E-state index in [2.05, 4.69) is 15.6 Å². The van der Waals surface area contributed by atoms with Gasteiger partial charge in [0.2, 0.25) is 5.95 Å². The van der Waals surface area contributed by atoms with E-state index in [0.29, 0.717) is 39.3 Å². The summed E-state index contributed by atoms with van der Waals surface area (Å²) < 4.78 is 15.3. The molecule has 8 heteroatoms. The molecule has 1 amide bonds. The average Bonchev–Trinajstić information content (AvgIpc) is 3.23. The van der Waals surface area contributed by atoms with Crippen molar-refractivity contribution < 1.29 is 9.18 Å². The lowest BCUT2D eigenvalue weighted by atomic mass is 9.95. The second kappa shape index (κ2) is 8.52. The molecule has 4 aromatic rings. The summed E-state index contributed by atoms with van der Waals surface area (Å²) >= 11 is 6.02. The number of rotatable bonds is 4. The Morgan fingerprint density at radius 3 is 2.42 bits per heavy atom. The number of hydrogen-bond donors (Lipinski definition) is 2. The number of anilines is 2. The molecule has 0 fully saturated rings. The molecule has 1 aromatic heterocycles. The molecule has 1 aliphatic rings. The van der Waals surface area contributed by atoms with Gasteiger partial charge in [-0.25, -0.2) is 9.07 Å². The first-order chi connectivity index (χ1) is 16.0. The van der Waals surface area contributed by atoms with Gasteiger partial charge in [0.05, 0.1) is 5.57 Å². The number of carbonyl (C=O) groups is 1. The van der Waals surface area contributed by atoms with Gasteiger partial charge in [-0.15, -0.1) is 5.10 Å². The maximum absolute atomic E-state index is 13.7. The summed E-state index contributed by atoms with van der Waals surface area (Å²) in [5.41, 5.74) is 3.27. The molecule has 0 bridgehead atoms. The number of aromatic nitrogens is 3. The van der Waals surface area contributed by atoms with E-state index >= 15 is 0 Å². The van der Waals surface area contributed by atoms with Gasteiger partial charge in [-0.05, 0) is 61.0 Å². The standard InChI is InChI=1S/C25H19ClFN5O/c1-15-21(24(33)29-20-5-3-2-4-6-20)22(16-9-13-19(27)14-10-16)32-25(28-15)30-23(31-32)17-7-11-18(26)12-8-17/h2-14,22H,1H3,(H,29,33)(H,28,30,31). The lowest BCUT2D eigenvalue weighted by molar-refractivity contribution is -0.113. The summed E-state index contributed by atoms with van der Waals surface area (Å²) in [7, 11) is 0. The number of nitrogens with one attached hydrogen (secondary N) is 2. The predicted molar refractivity (Wildman–Crippen MR) is 126 cm³/mol. The average molecular weight is 460 g/mol. The maximum Gasteiger partial charge on any atom is 0.255 e. The number of allylic oxidation sites excluding steroid dienone is 1. The highest BCUT2D eigenvalue weighted by Crippen LogP contribution is 2.37. The molecule has 2 N–H and O–H groups in total. The number of nitrogens with zero attached hydrogens (tertiary/aromatic N) is 3. The van der Waals surface area contributed by atoms with Crippen LogP contribution in [0.25, 0.3) is 11.4 Å². The molecule has 0 saturated carbocycles. The van der Waals surface area contributed by atoms with Gasteiger partial charge in [0.15, 0.2) is 5.82 Å². The molecule has 1 aliphatic heterocycles. The third-order valence-electron chi connectivity index (χ3n) is 5.42. The number of benzene rings is 3. The van der Waals surface area contributed by atoms with E-state index < -0.39 is 6.04 Å². The molecule has 6 nitrogen and oxygen atoms in total. The fourth-order valence-electron chi connectivity index (χ4n) is 3.84. The van der Waals surface area contributed by atoms with Crippen molar-refractivity contribution in [1.82, 2.24) is 14.8 Å². The Morgan fingerprint density at radius 1 is 1.03 bits per heavy atom. The molecule has 0 aliphatic carbocycles. The van der Waals surface area contributed by atoms with E-state index in [1.807, 2.05) is 49.4 Å². The molecule has 2 heterocycles. The van der Waals surface area contributed by atoms with Gasteiger partial charge in [0.25, 0.3) is 5.91 Å². The third-order valence-corrected chi connectivity index (χ3v) is 5.67. The van der Waals surface area contributed by atoms with Gasteiger partial charge < -0.3 is 10.6 Å². The van der Waals surface area contributed by atoms with Crippen molar-refractivity contribution in [3.63, 3.8) is 0 Å². The molecule has 3 aromatic carbocycles. The van der Waals surface area contributed by atoms with Crippen LogP contribution in [0.5, 0.6) is 0 Å². The van der Waals surface area contributed by atoms with Crippen molar-refractivity contribution >= 4 is 29.1 Å². The topological polar surface area (TPSA) is 71.8 Å². The highest BCUT2D eigenvalue weighted by Gasteiger charge is 2.34. The van der Waals surface area contributed by atoms with E-state index in [4.69, 9.17) is 16.7 Å². The van der Waals surface area contributed by atoms with Crippen LogP contribution in [0.3, 0.4) is 0 Å². The van der Waals surface area contributed by atoms with Crippen molar-refractivity contribution in [2.75, 3.05) is 10.6 Å². The summed E-state index contributed by atoms with van der Waals surface area (Å²) in [6, 6.07) is 21.9. The molecule has 1 unspecified atom stereocenters. The van der Waals surface area contributed by atoms with Crippen LogP contribution in [0.1, 0.15) is 18.5 Å².